The number of hydrogen-bond donors (Lipinski definition) is 0. The van der Waals surface area contributed by atoms with E-state index < -0.39 is 18.2 Å². The largest absolute Gasteiger partial charge is 0.482 e. The van der Waals surface area contributed by atoms with Crippen molar-refractivity contribution in [1.82, 2.24) is 19.8 Å². The summed E-state index contributed by atoms with van der Waals surface area (Å²) in [4.78, 5) is 11.9. The second-order valence-corrected chi connectivity index (χ2v) is 7.47. The van der Waals surface area contributed by atoms with E-state index in [1.54, 1.807) is 7.05 Å². The minimum atomic E-state index is -0.507. The molecule has 0 N–H and O–H groups in total. The molecule has 0 amide bonds. The highest BCUT2D eigenvalue weighted by molar-refractivity contribution is 9.23. The molecule has 0 bridgehead atoms. The number of allylic oxidation sites excluding steroid dienone is 4. The van der Waals surface area contributed by atoms with Crippen molar-refractivity contribution < 1.29 is 0 Å². The van der Waals surface area contributed by atoms with E-state index in [4.69, 9.17) is 0 Å². The summed E-state index contributed by atoms with van der Waals surface area (Å²) in [5, 5.41) is 7.73. The summed E-state index contributed by atoms with van der Waals surface area (Å²) < 4.78 is 4.05. The van der Waals surface area contributed by atoms with Crippen LogP contribution < -0.4 is 5.69 Å². The van der Waals surface area contributed by atoms with Crippen LogP contribution in [0.4, 0.5) is 0 Å². The fourth-order valence-corrected chi connectivity index (χ4v) is 5.42. The minimum absolute atomic E-state index is 0.182. The Bertz CT molecular complexity index is 572. The number of hydrogen-bond acceptors (Lipinski definition) is 3. The van der Waals surface area contributed by atoms with Crippen LogP contribution in [-0.4, -0.2) is 38.0 Å². The molecule has 7 heteroatoms. The molecule has 3 rings (SSSR count). The molecule has 18 heavy (non-hydrogen) atoms. The lowest BCUT2D eigenvalue weighted by atomic mass is 9.92. The first-order valence-electron chi connectivity index (χ1n) is 6.02. The molecule has 0 spiro atoms. The number of aromatic nitrogens is 4. The van der Waals surface area contributed by atoms with Gasteiger partial charge in [-0.2, -0.15) is 9.36 Å². The van der Waals surface area contributed by atoms with Crippen molar-refractivity contribution in [2.75, 3.05) is 0 Å². The van der Waals surface area contributed by atoms with E-state index in [0.717, 1.165) is 11.6 Å². The first kappa shape index (κ1) is 12.6. The highest BCUT2D eigenvalue weighted by Crippen LogP contribution is 2.46. The van der Waals surface area contributed by atoms with Gasteiger partial charge in [0.1, 0.15) is 0 Å². The van der Waals surface area contributed by atoms with Crippen LogP contribution in [0.3, 0.4) is 0 Å². The van der Waals surface area contributed by atoms with E-state index in [9.17, 15) is 4.79 Å². The summed E-state index contributed by atoms with van der Waals surface area (Å²) in [7, 11) is 1.62. The summed E-state index contributed by atoms with van der Waals surface area (Å²) >= 11 is 3.17. The Morgan fingerprint density at radius 3 is 2.78 bits per heavy atom. The van der Waals surface area contributed by atoms with Crippen LogP contribution in [0, 0.1) is 15.9 Å². The third kappa shape index (κ3) is 2.12. The molecule has 91 valence electrons. The van der Waals surface area contributed by atoms with Crippen molar-refractivity contribution in [3.8, 4) is 0 Å². The second-order valence-electron chi connectivity index (χ2n) is 4.76. The second kappa shape index (κ2) is 4.94. The molecule has 1 fully saturated rings. The van der Waals surface area contributed by atoms with Gasteiger partial charge in [-0.05, 0) is 41.2 Å². The molecule has 1 saturated carbocycles. The van der Waals surface area contributed by atoms with Crippen molar-refractivity contribution in [3.05, 3.63) is 32.8 Å². The third-order valence-corrected chi connectivity index (χ3v) is 6.46. The highest BCUT2D eigenvalue weighted by Gasteiger charge is 2.38. The minimum Gasteiger partial charge on any atom is -0.305 e. The lowest BCUT2D eigenvalue weighted by Crippen LogP contribution is -2.30. The van der Waals surface area contributed by atoms with Gasteiger partial charge in [0.05, 0.1) is 0 Å². The van der Waals surface area contributed by atoms with Crippen molar-refractivity contribution in [2.45, 2.75) is 12.8 Å². The molecule has 2 aliphatic carbocycles. The molecule has 0 aromatic carbocycles. The third-order valence-electron chi connectivity index (χ3n) is 3.53. The van der Waals surface area contributed by atoms with Crippen molar-refractivity contribution >= 4 is 36.8 Å². The van der Waals surface area contributed by atoms with Crippen LogP contribution >= 0.6 is 12.9 Å². The van der Waals surface area contributed by atoms with Crippen molar-refractivity contribution in [1.29, 1.82) is 0 Å². The van der Waals surface area contributed by atoms with E-state index in [2.05, 4.69) is 29.4 Å². The Morgan fingerprint density at radius 2 is 2.22 bits per heavy atom. The number of tetrazole rings is 1. The first-order valence-corrected chi connectivity index (χ1v) is 10.6. The highest BCUT2D eigenvalue weighted by atomic mass is 79.9. The SMILES string of the molecule is Cn1nnn(C2=CC=CC(C3CC3)[C]2[Mg][Br])c1=O. The van der Waals surface area contributed by atoms with Crippen LogP contribution in [0.2, 0.25) is 0 Å². The van der Waals surface area contributed by atoms with Crippen LogP contribution in [0.15, 0.2) is 23.0 Å². The van der Waals surface area contributed by atoms with Gasteiger partial charge in [-0.25, -0.2) is 4.79 Å². The normalized spacial score (nSPS) is 23.9. The number of aryl methyl sites for hydroxylation is 1. The van der Waals surface area contributed by atoms with Crippen LogP contribution in [0.1, 0.15) is 12.8 Å². The molecule has 2 aliphatic rings. The van der Waals surface area contributed by atoms with Crippen LogP contribution in [0.5, 0.6) is 0 Å². The van der Waals surface area contributed by atoms with E-state index in [-0.39, 0.29) is 5.69 Å². The smallest absolute Gasteiger partial charge is 0.305 e. The zero-order valence-corrected chi connectivity index (χ0v) is 13.1. The van der Waals surface area contributed by atoms with Crippen molar-refractivity contribution in [2.24, 2.45) is 18.9 Å². The zero-order valence-electron chi connectivity index (χ0n) is 10.1. The van der Waals surface area contributed by atoms with Gasteiger partial charge in [-0.3, -0.25) is 0 Å². The van der Waals surface area contributed by atoms with E-state index in [1.807, 2.05) is 12.2 Å². The maximum atomic E-state index is 11.9. The Morgan fingerprint density at radius 1 is 1.44 bits per heavy atom. The molecular formula is C11H12BrMgN4O. The predicted molar refractivity (Wildman–Crippen MR) is 72.8 cm³/mol. The topological polar surface area (TPSA) is 52.7 Å². The molecule has 1 atom stereocenters. The van der Waals surface area contributed by atoms with Gasteiger partial charge in [0, 0.05) is 12.7 Å². The summed E-state index contributed by atoms with van der Waals surface area (Å²) in [5.41, 5.74) is 0.745. The van der Waals surface area contributed by atoms with Gasteiger partial charge in [-0.15, -0.1) is 0 Å². The summed E-state index contributed by atoms with van der Waals surface area (Å²) in [6.45, 7) is 0. The maximum Gasteiger partial charge on any atom is 0.482 e. The summed E-state index contributed by atoms with van der Waals surface area (Å²) in [5.74, 6) is 1.25. The van der Waals surface area contributed by atoms with Gasteiger partial charge in [-0.1, -0.05) is 16.2 Å². The maximum absolute atomic E-state index is 11.9. The van der Waals surface area contributed by atoms with Gasteiger partial charge in [0.15, 0.2) is 0 Å². The van der Waals surface area contributed by atoms with Crippen LogP contribution in [-0.2, 0) is 7.05 Å². The first-order chi connectivity index (χ1) is 8.72. The Balaban J connectivity index is 1.99. The molecule has 1 unspecified atom stereocenters. The molecule has 1 heterocycles. The van der Waals surface area contributed by atoms with Gasteiger partial charge >= 0.3 is 23.9 Å². The standard InChI is InChI=1S/C11H12N4O.BrH.Mg/c1-14-11(16)15(13-12-14)10-4-2-3-9(7-10)8-5-6-8;;/h2-4,8-9H,5-6H2,1H3;1H;/q;;+1/p-1. The lowest BCUT2D eigenvalue weighted by Gasteiger charge is -2.27. The van der Waals surface area contributed by atoms with Crippen LogP contribution in [0.25, 0.3) is 5.70 Å². The molecule has 0 saturated heterocycles. The van der Waals surface area contributed by atoms with Gasteiger partial charge in [0.2, 0.25) is 0 Å². The zero-order chi connectivity index (χ0) is 12.7. The molecule has 1 aromatic heterocycles. The molecule has 0 aliphatic heterocycles. The predicted octanol–water partition coefficient (Wildman–Crippen LogP) is 0.960. The number of rotatable bonds is 3. The summed E-state index contributed by atoms with van der Waals surface area (Å²) in [6, 6.07) is 0. The van der Waals surface area contributed by atoms with Gasteiger partial charge in [0.25, 0.3) is 0 Å². The fourth-order valence-electron chi connectivity index (χ4n) is 2.39. The molecular weight excluding hydrogens is 308 g/mol. The van der Waals surface area contributed by atoms with Crippen molar-refractivity contribution in [3.63, 3.8) is 0 Å². The quantitative estimate of drug-likeness (QED) is 0.780. The lowest BCUT2D eigenvalue weighted by molar-refractivity contribution is 0.629. The Hall–Kier alpha value is -0.404. The van der Waals surface area contributed by atoms with E-state index >= 15 is 0 Å². The number of nitrogens with zero attached hydrogens (tertiary/aromatic N) is 4. The monoisotopic (exact) mass is 319 g/mol. The van der Waals surface area contributed by atoms with E-state index in [1.165, 1.54) is 26.3 Å². The average Bonchev–Trinajstić information content (AvgIpc) is 3.17. The molecule has 1 radical (unpaired) electrons. The number of halogens is 1. The Labute approximate surface area is 120 Å². The fraction of sp³-hybridized carbons (Fsp3) is 0.455. The summed E-state index contributed by atoms with van der Waals surface area (Å²) in [6.07, 6.45) is 8.86. The van der Waals surface area contributed by atoms with Gasteiger partial charge < -0.3 is 12.9 Å². The molecule has 1 aromatic rings. The Kier molecular flexibility index (Phi) is 3.46. The van der Waals surface area contributed by atoms with E-state index in [0.29, 0.717) is 5.92 Å². The molecule has 5 nitrogen and oxygen atoms in total. The average molecular weight is 320 g/mol.